The van der Waals surface area contributed by atoms with Crippen molar-refractivity contribution in [1.29, 1.82) is 0 Å². The maximum absolute atomic E-state index is 13.2. The van der Waals surface area contributed by atoms with Gasteiger partial charge in [-0.2, -0.15) is 0 Å². The first kappa shape index (κ1) is 13.7. The summed E-state index contributed by atoms with van der Waals surface area (Å²) in [6.45, 7) is 0. The van der Waals surface area contributed by atoms with E-state index in [1.54, 1.807) is 0 Å². The van der Waals surface area contributed by atoms with Crippen LogP contribution in [0.1, 0.15) is 21.5 Å². The Balaban J connectivity index is 2.19. The Morgan fingerprint density at radius 1 is 1.16 bits per heavy atom. The molecule has 0 unspecified atom stereocenters. The molecular formula is C15H13BrFNO. The predicted molar refractivity (Wildman–Crippen MR) is 76.5 cm³/mol. The van der Waals surface area contributed by atoms with Crippen LogP contribution in [-0.4, -0.2) is 5.91 Å². The number of carbonyl (C=O) groups is 1. The summed E-state index contributed by atoms with van der Waals surface area (Å²) in [5.41, 5.74) is 7.44. The molecule has 0 bridgehead atoms. The van der Waals surface area contributed by atoms with E-state index < -0.39 is 5.91 Å². The Bertz CT molecular complexity index is 613. The summed E-state index contributed by atoms with van der Waals surface area (Å²) in [4.78, 5) is 11.3. The molecule has 1 amide bonds. The van der Waals surface area contributed by atoms with Crippen LogP contribution in [0.4, 0.5) is 4.39 Å². The molecule has 2 aromatic carbocycles. The van der Waals surface area contributed by atoms with E-state index in [0.29, 0.717) is 17.5 Å². The number of benzene rings is 2. The largest absolute Gasteiger partial charge is 0.366 e. The molecule has 2 aromatic rings. The molecule has 0 aliphatic rings. The molecule has 98 valence electrons. The van der Waals surface area contributed by atoms with Crippen molar-refractivity contribution in [1.82, 2.24) is 0 Å². The van der Waals surface area contributed by atoms with E-state index in [9.17, 15) is 9.18 Å². The fourth-order valence-electron chi connectivity index (χ4n) is 1.98. The molecule has 2 rings (SSSR count). The van der Waals surface area contributed by atoms with Gasteiger partial charge in [0.1, 0.15) is 5.82 Å². The van der Waals surface area contributed by atoms with Gasteiger partial charge < -0.3 is 5.73 Å². The summed E-state index contributed by atoms with van der Waals surface area (Å²) in [5, 5.41) is 0. The SMILES string of the molecule is NC(=O)c1ccc(F)cc1CCc1cccc(Br)c1. The number of hydrogen-bond donors (Lipinski definition) is 1. The van der Waals surface area contributed by atoms with E-state index in [-0.39, 0.29) is 5.82 Å². The number of carbonyl (C=O) groups excluding carboxylic acids is 1. The summed E-state index contributed by atoms with van der Waals surface area (Å²) in [7, 11) is 0. The normalized spacial score (nSPS) is 10.4. The minimum atomic E-state index is -0.524. The average Bonchev–Trinajstić information content (AvgIpc) is 2.36. The predicted octanol–water partition coefficient (Wildman–Crippen LogP) is 3.47. The van der Waals surface area contributed by atoms with Crippen molar-refractivity contribution in [2.24, 2.45) is 5.73 Å². The highest BCUT2D eigenvalue weighted by atomic mass is 79.9. The highest BCUT2D eigenvalue weighted by Gasteiger charge is 2.09. The molecular weight excluding hydrogens is 309 g/mol. The molecule has 2 N–H and O–H groups in total. The quantitative estimate of drug-likeness (QED) is 0.920. The van der Waals surface area contributed by atoms with Crippen molar-refractivity contribution < 1.29 is 9.18 Å². The van der Waals surface area contributed by atoms with E-state index >= 15 is 0 Å². The second kappa shape index (κ2) is 5.97. The third-order valence-electron chi connectivity index (χ3n) is 2.90. The molecule has 0 saturated heterocycles. The van der Waals surface area contributed by atoms with Crippen LogP contribution >= 0.6 is 15.9 Å². The summed E-state index contributed by atoms with van der Waals surface area (Å²) in [5.74, 6) is -0.876. The van der Waals surface area contributed by atoms with Crippen molar-refractivity contribution in [2.75, 3.05) is 0 Å². The highest BCUT2D eigenvalue weighted by molar-refractivity contribution is 9.10. The smallest absolute Gasteiger partial charge is 0.248 e. The van der Waals surface area contributed by atoms with Crippen molar-refractivity contribution in [3.8, 4) is 0 Å². The standard InChI is InChI=1S/C15H13BrFNO/c16-12-3-1-2-10(8-12)4-5-11-9-13(17)6-7-14(11)15(18)19/h1-3,6-9H,4-5H2,(H2,18,19). The number of nitrogens with two attached hydrogens (primary N) is 1. The lowest BCUT2D eigenvalue weighted by Crippen LogP contribution is -2.14. The first-order chi connectivity index (χ1) is 9.06. The van der Waals surface area contributed by atoms with Crippen LogP contribution in [0.5, 0.6) is 0 Å². The Morgan fingerprint density at radius 2 is 1.95 bits per heavy atom. The number of halogens is 2. The summed E-state index contributed by atoms with van der Waals surface area (Å²) in [6, 6.07) is 12.0. The molecule has 4 heteroatoms. The number of hydrogen-bond acceptors (Lipinski definition) is 1. The van der Waals surface area contributed by atoms with Crippen LogP contribution in [0.3, 0.4) is 0 Å². The van der Waals surface area contributed by atoms with Gasteiger partial charge in [-0.25, -0.2) is 4.39 Å². The second-order valence-electron chi connectivity index (χ2n) is 4.30. The van der Waals surface area contributed by atoms with Crippen LogP contribution in [0.15, 0.2) is 46.9 Å². The van der Waals surface area contributed by atoms with Gasteiger partial charge in [0.05, 0.1) is 0 Å². The van der Waals surface area contributed by atoms with Gasteiger partial charge in [-0.15, -0.1) is 0 Å². The first-order valence-corrected chi connectivity index (χ1v) is 6.68. The van der Waals surface area contributed by atoms with E-state index in [4.69, 9.17) is 5.73 Å². The lowest BCUT2D eigenvalue weighted by Gasteiger charge is -2.07. The van der Waals surface area contributed by atoms with Crippen LogP contribution in [0, 0.1) is 5.82 Å². The lowest BCUT2D eigenvalue weighted by atomic mass is 9.99. The van der Waals surface area contributed by atoms with E-state index in [1.807, 2.05) is 24.3 Å². The highest BCUT2D eigenvalue weighted by Crippen LogP contribution is 2.17. The van der Waals surface area contributed by atoms with E-state index in [1.165, 1.54) is 18.2 Å². The van der Waals surface area contributed by atoms with Crippen molar-refractivity contribution in [3.05, 3.63) is 69.4 Å². The molecule has 0 aromatic heterocycles. The lowest BCUT2D eigenvalue weighted by molar-refractivity contribution is 0.0999. The monoisotopic (exact) mass is 321 g/mol. The van der Waals surface area contributed by atoms with E-state index in [0.717, 1.165) is 16.5 Å². The number of primary amides is 1. The minimum Gasteiger partial charge on any atom is -0.366 e. The zero-order valence-corrected chi connectivity index (χ0v) is 11.8. The summed E-state index contributed by atoms with van der Waals surface area (Å²) < 4.78 is 14.2. The fourth-order valence-corrected chi connectivity index (χ4v) is 2.43. The number of aryl methyl sites for hydroxylation is 2. The molecule has 0 radical (unpaired) electrons. The zero-order valence-electron chi connectivity index (χ0n) is 10.2. The third-order valence-corrected chi connectivity index (χ3v) is 3.40. The maximum atomic E-state index is 13.2. The van der Waals surface area contributed by atoms with E-state index in [2.05, 4.69) is 15.9 Å². The molecule has 0 fully saturated rings. The molecule has 0 heterocycles. The Labute approximate surface area is 119 Å². The molecule has 0 aliphatic heterocycles. The summed E-state index contributed by atoms with van der Waals surface area (Å²) in [6.07, 6.45) is 1.30. The average molecular weight is 322 g/mol. The van der Waals surface area contributed by atoms with Crippen LogP contribution in [0.2, 0.25) is 0 Å². The Hall–Kier alpha value is -1.68. The Morgan fingerprint density at radius 3 is 2.63 bits per heavy atom. The van der Waals surface area contributed by atoms with Gasteiger partial charge in [0.15, 0.2) is 0 Å². The van der Waals surface area contributed by atoms with Gasteiger partial charge in [0.2, 0.25) is 5.91 Å². The maximum Gasteiger partial charge on any atom is 0.248 e. The fraction of sp³-hybridized carbons (Fsp3) is 0.133. The second-order valence-corrected chi connectivity index (χ2v) is 5.21. The van der Waals surface area contributed by atoms with Gasteiger partial charge in [-0.3, -0.25) is 4.79 Å². The molecule has 0 aliphatic carbocycles. The topological polar surface area (TPSA) is 43.1 Å². The molecule has 2 nitrogen and oxygen atoms in total. The molecule has 0 spiro atoms. The van der Waals surface area contributed by atoms with Gasteiger partial charge >= 0.3 is 0 Å². The molecule has 19 heavy (non-hydrogen) atoms. The van der Waals surface area contributed by atoms with Crippen molar-refractivity contribution in [2.45, 2.75) is 12.8 Å². The zero-order chi connectivity index (χ0) is 13.8. The van der Waals surface area contributed by atoms with Crippen LogP contribution in [-0.2, 0) is 12.8 Å². The van der Waals surface area contributed by atoms with Gasteiger partial charge in [0.25, 0.3) is 0 Å². The number of rotatable bonds is 4. The van der Waals surface area contributed by atoms with Crippen LogP contribution < -0.4 is 5.73 Å². The molecule has 0 atom stereocenters. The number of amides is 1. The Kier molecular flexibility index (Phi) is 4.32. The van der Waals surface area contributed by atoms with Gasteiger partial charge in [-0.1, -0.05) is 28.1 Å². The minimum absolute atomic E-state index is 0.353. The van der Waals surface area contributed by atoms with Crippen molar-refractivity contribution in [3.63, 3.8) is 0 Å². The van der Waals surface area contributed by atoms with Gasteiger partial charge in [0, 0.05) is 10.0 Å². The first-order valence-electron chi connectivity index (χ1n) is 5.89. The van der Waals surface area contributed by atoms with Crippen molar-refractivity contribution >= 4 is 21.8 Å². The van der Waals surface area contributed by atoms with Gasteiger partial charge in [-0.05, 0) is 54.3 Å². The summed E-state index contributed by atoms with van der Waals surface area (Å²) >= 11 is 3.40. The third kappa shape index (κ3) is 3.64. The van der Waals surface area contributed by atoms with Crippen LogP contribution in [0.25, 0.3) is 0 Å². The molecule has 0 saturated carbocycles.